The zero-order chi connectivity index (χ0) is 14.6. The predicted molar refractivity (Wildman–Crippen MR) is 67.7 cm³/mol. The van der Waals surface area contributed by atoms with Gasteiger partial charge in [-0.3, -0.25) is 4.79 Å². The lowest BCUT2D eigenvalue weighted by atomic mass is 10.4. The van der Waals surface area contributed by atoms with E-state index in [4.69, 9.17) is 5.11 Å². The smallest absolute Gasteiger partial charge is 0.345 e. The number of esters is 1. The first-order chi connectivity index (χ1) is 8.78. The third-order valence-electron chi connectivity index (χ3n) is 2.35. The van der Waals surface area contributed by atoms with Gasteiger partial charge in [-0.15, -0.1) is 11.3 Å². The minimum atomic E-state index is -3.78. The number of thiophene rings is 1. The normalized spacial score (nSPS) is 11.5. The van der Waals surface area contributed by atoms with E-state index in [0.717, 1.165) is 21.7 Å². The average molecular weight is 307 g/mol. The minimum Gasteiger partial charge on any atom is -0.477 e. The molecule has 0 saturated heterocycles. The summed E-state index contributed by atoms with van der Waals surface area (Å²) in [7, 11) is -1.25. The molecule has 19 heavy (non-hydrogen) atoms. The molecule has 1 heterocycles. The minimum absolute atomic E-state index is 0.0345. The van der Waals surface area contributed by atoms with Crippen molar-refractivity contribution in [1.29, 1.82) is 0 Å². The molecule has 0 bridgehead atoms. The Morgan fingerprint density at radius 3 is 2.58 bits per heavy atom. The number of sulfonamides is 1. The van der Waals surface area contributed by atoms with E-state index in [9.17, 15) is 18.0 Å². The topological polar surface area (TPSA) is 101 Å². The maximum Gasteiger partial charge on any atom is 0.345 e. The van der Waals surface area contributed by atoms with E-state index in [1.807, 2.05) is 0 Å². The van der Waals surface area contributed by atoms with E-state index in [1.165, 1.54) is 19.5 Å². The highest BCUT2D eigenvalue weighted by Gasteiger charge is 2.24. The van der Waals surface area contributed by atoms with Crippen LogP contribution >= 0.6 is 11.3 Å². The molecule has 106 valence electrons. The van der Waals surface area contributed by atoms with Crippen molar-refractivity contribution in [3.05, 3.63) is 16.3 Å². The standard InChI is InChI=1S/C10H13NO6S2/c1-11(4-3-9(12)17-2)19(15,16)7-5-8(10(13)14)18-6-7/h5-6H,3-4H2,1-2H3,(H,13,14). The number of rotatable bonds is 6. The van der Waals surface area contributed by atoms with Crippen LogP contribution in [0.5, 0.6) is 0 Å². The number of ether oxygens (including phenoxy) is 1. The summed E-state index contributed by atoms with van der Waals surface area (Å²) in [6, 6.07) is 1.09. The van der Waals surface area contributed by atoms with Gasteiger partial charge in [-0.25, -0.2) is 17.5 Å². The quantitative estimate of drug-likeness (QED) is 0.774. The average Bonchev–Trinajstić information content (AvgIpc) is 2.85. The third-order valence-corrected chi connectivity index (χ3v) is 5.25. The van der Waals surface area contributed by atoms with Gasteiger partial charge in [0.05, 0.1) is 18.4 Å². The van der Waals surface area contributed by atoms with Crippen molar-refractivity contribution in [3.63, 3.8) is 0 Å². The number of hydrogen-bond acceptors (Lipinski definition) is 6. The maximum atomic E-state index is 12.1. The Morgan fingerprint density at radius 1 is 1.47 bits per heavy atom. The molecule has 0 saturated carbocycles. The van der Waals surface area contributed by atoms with Gasteiger partial charge < -0.3 is 9.84 Å². The molecular formula is C10H13NO6S2. The van der Waals surface area contributed by atoms with Gasteiger partial charge in [-0.1, -0.05) is 0 Å². The van der Waals surface area contributed by atoms with Gasteiger partial charge in [0.2, 0.25) is 10.0 Å². The second kappa shape index (κ2) is 6.13. The molecule has 7 nitrogen and oxygen atoms in total. The molecule has 1 aromatic heterocycles. The Kier molecular flexibility index (Phi) is 5.04. The van der Waals surface area contributed by atoms with Crippen molar-refractivity contribution in [3.8, 4) is 0 Å². The van der Waals surface area contributed by atoms with Gasteiger partial charge in [-0.2, -0.15) is 0 Å². The van der Waals surface area contributed by atoms with Crippen LogP contribution in [0.25, 0.3) is 0 Å². The van der Waals surface area contributed by atoms with Crippen LogP contribution in [0.1, 0.15) is 16.1 Å². The summed E-state index contributed by atoms with van der Waals surface area (Å²) >= 11 is 0.834. The van der Waals surface area contributed by atoms with Gasteiger partial charge in [0.1, 0.15) is 4.88 Å². The summed E-state index contributed by atoms with van der Waals surface area (Å²) in [4.78, 5) is 21.5. The molecule has 0 amide bonds. The first-order valence-electron chi connectivity index (χ1n) is 5.14. The lowest BCUT2D eigenvalue weighted by Gasteiger charge is -2.15. The molecule has 0 unspecified atom stereocenters. The molecule has 0 aromatic carbocycles. The van der Waals surface area contributed by atoms with E-state index in [0.29, 0.717) is 0 Å². The lowest BCUT2D eigenvalue weighted by molar-refractivity contribution is -0.140. The van der Waals surface area contributed by atoms with Crippen molar-refractivity contribution in [2.75, 3.05) is 20.7 Å². The Morgan fingerprint density at radius 2 is 2.11 bits per heavy atom. The molecular weight excluding hydrogens is 294 g/mol. The van der Waals surface area contributed by atoms with Crippen LogP contribution in [0, 0.1) is 0 Å². The van der Waals surface area contributed by atoms with Crippen LogP contribution in [-0.4, -0.2) is 50.5 Å². The van der Waals surface area contributed by atoms with E-state index in [1.54, 1.807) is 0 Å². The summed E-state index contributed by atoms with van der Waals surface area (Å²) < 4.78 is 29.5. The van der Waals surface area contributed by atoms with Crippen LogP contribution < -0.4 is 0 Å². The number of carbonyl (C=O) groups excluding carboxylic acids is 1. The number of carboxylic acids is 1. The van der Waals surface area contributed by atoms with Crippen molar-refractivity contribution >= 4 is 33.3 Å². The fourth-order valence-electron chi connectivity index (χ4n) is 1.22. The van der Waals surface area contributed by atoms with Gasteiger partial charge in [0.15, 0.2) is 0 Å². The number of nitrogens with zero attached hydrogens (tertiary/aromatic N) is 1. The van der Waals surface area contributed by atoms with Crippen molar-refractivity contribution < 1.29 is 27.9 Å². The summed E-state index contributed by atoms with van der Waals surface area (Å²) in [5.41, 5.74) is 0. The van der Waals surface area contributed by atoms with Crippen LogP contribution in [-0.2, 0) is 19.6 Å². The summed E-state index contributed by atoms with van der Waals surface area (Å²) in [6.45, 7) is -0.0345. The summed E-state index contributed by atoms with van der Waals surface area (Å²) in [5.74, 6) is -1.69. The number of carbonyl (C=O) groups is 2. The molecule has 0 atom stereocenters. The highest BCUT2D eigenvalue weighted by Crippen LogP contribution is 2.22. The number of methoxy groups -OCH3 is 1. The Balaban J connectivity index is 2.84. The monoisotopic (exact) mass is 307 g/mol. The molecule has 9 heteroatoms. The fraction of sp³-hybridized carbons (Fsp3) is 0.400. The molecule has 0 aliphatic carbocycles. The highest BCUT2D eigenvalue weighted by atomic mass is 32.2. The van der Waals surface area contributed by atoms with Gasteiger partial charge in [0, 0.05) is 19.0 Å². The maximum absolute atomic E-state index is 12.1. The molecule has 0 aliphatic heterocycles. The zero-order valence-electron chi connectivity index (χ0n) is 10.3. The Labute approximate surface area is 114 Å². The van der Waals surface area contributed by atoms with E-state index in [2.05, 4.69) is 4.74 Å². The summed E-state index contributed by atoms with van der Waals surface area (Å²) in [6.07, 6.45) is -0.0673. The van der Waals surface area contributed by atoms with Crippen molar-refractivity contribution in [2.24, 2.45) is 0 Å². The number of hydrogen-bond donors (Lipinski definition) is 1. The van der Waals surface area contributed by atoms with Gasteiger partial charge >= 0.3 is 11.9 Å². The molecule has 0 radical (unpaired) electrons. The van der Waals surface area contributed by atoms with Crippen LogP contribution in [0.4, 0.5) is 0 Å². The molecule has 0 spiro atoms. The van der Waals surface area contributed by atoms with E-state index < -0.39 is 22.0 Å². The van der Waals surface area contributed by atoms with Crippen molar-refractivity contribution in [2.45, 2.75) is 11.3 Å². The van der Waals surface area contributed by atoms with Crippen LogP contribution in [0.3, 0.4) is 0 Å². The summed E-state index contributed by atoms with van der Waals surface area (Å²) in [5, 5.41) is 10.0. The SMILES string of the molecule is COC(=O)CCN(C)S(=O)(=O)c1csc(C(=O)O)c1. The molecule has 1 aromatic rings. The van der Waals surface area contributed by atoms with Crippen molar-refractivity contribution in [1.82, 2.24) is 4.31 Å². The largest absolute Gasteiger partial charge is 0.477 e. The zero-order valence-corrected chi connectivity index (χ0v) is 12.0. The molecule has 0 aliphatic rings. The van der Waals surface area contributed by atoms with Gasteiger partial charge in [0.25, 0.3) is 0 Å². The first kappa shape index (κ1) is 15.6. The van der Waals surface area contributed by atoms with Crippen LogP contribution in [0.15, 0.2) is 16.3 Å². The van der Waals surface area contributed by atoms with E-state index in [-0.39, 0.29) is 22.7 Å². The second-order valence-corrected chi connectivity index (χ2v) is 6.56. The second-order valence-electron chi connectivity index (χ2n) is 3.60. The molecule has 1 rings (SSSR count). The predicted octanol–water partition coefficient (Wildman–Crippen LogP) is 0.630. The Hall–Kier alpha value is -1.45. The first-order valence-corrected chi connectivity index (χ1v) is 7.46. The number of aromatic carboxylic acids is 1. The molecule has 1 N–H and O–H groups in total. The number of carboxylic acid groups (broad SMARTS) is 1. The van der Waals surface area contributed by atoms with Crippen LogP contribution in [0.2, 0.25) is 0 Å². The fourth-order valence-corrected chi connectivity index (χ4v) is 3.49. The Bertz CT molecular complexity index is 577. The third kappa shape index (κ3) is 3.75. The lowest BCUT2D eigenvalue weighted by Crippen LogP contribution is -2.29. The van der Waals surface area contributed by atoms with Gasteiger partial charge in [-0.05, 0) is 6.07 Å². The highest BCUT2D eigenvalue weighted by molar-refractivity contribution is 7.89. The van der Waals surface area contributed by atoms with E-state index >= 15 is 0 Å². The molecule has 0 fully saturated rings.